The minimum atomic E-state index is -0.338. The van der Waals surface area contributed by atoms with Crippen LogP contribution in [0.15, 0.2) is 16.5 Å². The number of aliphatic hydroxyl groups is 1. The lowest BCUT2D eigenvalue weighted by atomic mass is 10.1. The van der Waals surface area contributed by atoms with E-state index in [0.717, 1.165) is 43.7 Å². The number of β-amino-alcohol motifs (C(OH)–C–C–N with tert-alkyl or cyclic N) is 1. The highest BCUT2D eigenvalue weighted by Crippen LogP contribution is 2.14. The number of aryl methyl sites for hydroxylation is 2. The molecule has 0 radical (unpaired) electrons. The molecule has 1 aromatic rings. The van der Waals surface area contributed by atoms with E-state index in [1.807, 2.05) is 19.1 Å². The van der Waals surface area contributed by atoms with Crippen molar-refractivity contribution in [3.8, 4) is 0 Å². The maximum absolute atomic E-state index is 11.9. The smallest absolute Gasteiger partial charge is 0.222 e. The van der Waals surface area contributed by atoms with E-state index in [9.17, 15) is 9.90 Å². The number of rotatable bonds is 4. The van der Waals surface area contributed by atoms with Gasteiger partial charge in [0, 0.05) is 25.9 Å². The number of hydrogen-bond acceptors (Lipinski definition) is 3. The molecule has 2 heterocycles. The highest BCUT2D eigenvalue weighted by molar-refractivity contribution is 5.76. The summed E-state index contributed by atoms with van der Waals surface area (Å²) in [5.74, 6) is 2.01. The van der Waals surface area contributed by atoms with Gasteiger partial charge >= 0.3 is 0 Å². The summed E-state index contributed by atoms with van der Waals surface area (Å²) in [6.07, 6.45) is 3.52. The van der Waals surface area contributed by atoms with Crippen LogP contribution in [-0.4, -0.2) is 35.1 Å². The standard InChI is InChI=1S/C14H21NO3/c1-11-7-8-13(18-11)5-2-6-14(17)15-9-3-4-12(16)10-15/h7-8,12,16H,2-6,9-10H2,1H3. The first-order valence-corrected chi connectivity index (χ1v) is 6.66. The van der Waals surface area contributed by atoms with Crippen LogP contribution in [-0.2, 0) is 11.2 Å². The van der Waals surface area contributed by atoms with Gasteiger partial charge < -0.3 is 14.4 Å². The molecule has 1 N–H and O–H groups in total. The zero-order valence-electron chi connectivity index (χ0n) is 10.9. The van der Waals surface area contributed by atoms with Crippen LogP contribution in [0.3, 0.4) is 0 Å². The Morgan fingerprint density at radius 1 is 1.56 bits per heavy atom. The van der Waals surface area contributed by atoms with Crippen LogP contribution in [0.2, 0.25) is 0 Å². The van der Waals surface area contributed by atoms with Crippen LogP contribution < -0.4 is 0 Å². The normalized spacial score (nSPS) is 20.1. The van der Waals surface area contributed by atoms with Crippen molar-refractivity contribution < 1.29 is 14.3 Å². The van der Waals surface area contributed by atoms with Gasteiger partial charge in [0.25, 0.3) is 0 Å². The van der Waals surface area contributed by atoms with E-state index in [1.165, 1.54) is 0 Å². The summed E-state index contributed by atoms with van der Waals surface area (Å²) in [7, 11) is 0. The minimum Gasteiger partial charge on any atom is -0.466 e. The Morgan fingerprint density at radius 3 is 3.06 bits per heavy atom. The van der Waals surface area contributed by atoms with E-state index in [4.69, 9.17) is 4.42 Å². The second kappa shape index (κ2) is 6.05. The number of piperidine rings is 1. The van der Waals surface area contributed by atoms with Crippen molar-refractivity contribution in [3.05, 3.63) is 23.7 Å². The SMILES string of the molecule is Cc1ccc(CCCC(=O)N2CCCC(O)C2)o1. The summed E-state index contributed by atoms with van der Waals surface area (Å²) in [5, 5.41) is 9.53. The van der Waals surface area contributed by atoms with Gasteiger partial charge in [0.05, 0.1) is 6.10 Å². The van der Waals surface area contributed by atoms with E-state index in [1.54, 1.807) is 4.90 Å². The molecule has 4 heteroatoms. The second-order valence-corrected chi connectivity index (χ2v) is 5.00. The van der Waals surface area contributed by atoms with Crippen molar-refractivity contribution in [1.82, 2.24) is 4.90 Å². The van der Waals surface area contributed by atoms with Crippen LogP contribution in [0.25, 0.3) is 0 Å². The van der Waals surface area contributed by atoms with Crippen LogP contribution in [0, 0.1) is 6.92 Å². The van der Waals surface area contributed by atoms with E-state index in [0.29, 0.717) is 13.0 Å². The molecule has 18 heavy (non-hydrogen) atoms. The molecule has 0 aromatic carbocycles. The molecule has 1 saturated heterocycles. The summed E-state index contributed by atoms with van der Waals surface area (Å²) in [4.78, 5) is 13.7. The van der Waals surface area contributed by atoms with E-state index >= 15 is 0 Å². The minimum absolute atomic E-state index is 0.150. The van der Waals surface area contributed by atoms with E-state index in [2.05, 4.69) is 0 Å². The van der Waals surface area contributed by atoms with Gasteiger partial charge in [-0.05, 0) is 38.3 Å². The number of carbonyl (C=O) groups excluding carboxylic acids is 1. The van der Waals surface area contributed by atoms with Crippen LogP contribution >= 0.6 is 0 Å². The molecule has 1 amide bonds. The average Bonchev–Trinajstić information content (AvgIpc) is 2.75. The third-order valence-corrected chi connectivity index (χ3v) is 3.36. The second-order valence-electron chi connectivity index (χ2n) is 5.00. The summed E-state index contributed by atoms with van der Waals surface area (Å²) in [5.41, 5.74) is 0. The molecule has 4 nitrogen and oxygen atoms in total. The topological polar surface area (TPSA) is 53.7 Å². The highest BCUT2D eigenvalue weighted by atomic mass is 16.3. The predicted molar refractivity (Wildman–Crippen MR) is 68.2 cm³/mol. The number of furan rings is 1. The fourth-order valence-electron chi connectivity index (χ4n) is 2.37. The molecule has 1 atom stereocenters. The first-order chi connectivity index (χ1) is 8.65. The highest BCUT2D eigenvalue weighted by Gasteiger charge is 2.21. The van der Waals surface area contributed by atoms with Crippen molar-refractivity contribution >= 4 is 5.91 Å². The Kier molecular flexibility index (Phi) is 4.42. The average molecular weight is 251 g/mol. The van der Waals surface area contributed by atoms with Gasteiger partial charge in [-0.25, -0.2) is 0 Å². The van der Waals surface area contributed by atoms with Crippen molar-refractivity contribution in [2.75, 3.05) is 13.1 Å². The molecule has 0 bridgehead atoms. The molecule has 1 aliphatic heterocycles. The maximum Gasteiger partial charge on any atom is 0.222 e. The fraction of sp³-hybridized carbons (Fsp3) is 0.643. The molecular formula is C14H21NO3. The van der Waals surface area contributed by atoms with Crippen molar-refractivity contribution in [3.63, 3.8) is 0 Å². The number of carbonyl (C=O) groups is 1. The Balaban J connectivity index is 1.71. The molecule has 1 aliphatic rings. The Morgan fingerprint density at radius 2 is 2.39 bits per heavy atom. The summed E-state index contributed by atoms with van der Waals surface area (Å²) < 4.78 is 5.46. The largest absolute Gasteiger partial charge is 0.466 e. The van der Waals surface area contributed by atoms with Gasteiger partial charge in [-0.15, -0.1) is 0 Å². The Hall–Kier alpha value is -1.29. The Bertz CT molecular complexity index is 399. The molecule has 1 unspecified atom stereocenters. The molecule has 0 saturated carbocycles. The van der Waals surface area contributed by atoms with Crippen LogP contribution in [0.1, 0.15) is 37.2 Å². The van der Waals surface area contributed by atoms with Crippen LogP contribution in [0.4, 0.5) is 0 Å². The number of aliphatic hydroxyl groups excluding tert-OH is 1. The lowest BCUT2D eigenvalue weighted by Gasteiger charge is -2.30. The first-order valence-electron chi connectivity index (χ1n) is 6.66. The van der Waals surface area contributed by atoms with Gasteiger partial charge in [-0.3, -0.25) is 4.79 Å². The number of amides is 1. The lowest BCUT2D eigenvalue weighted by Crippen LogP contribution is -2.42. The van der Waals surface area contributed by atoms with Crippen LogP contribution in [0.5, 0.6) is 0 Å². The van der Waals surface area contributed by atoms with Crippen molar-refractivity contribution in [2.45, 2.75) is 45.1 Å². The summed E-state index contributed by atoms with van der Waals surface area (Å²) >= 11 is 0. The zero-order valence-corrected chi connectivity index (χ0v) is 10.9. The van der Waals surface area contributed by atoms with Gasteiger partial charge in [-0.2, -0.15) is 0 Å². The van der Waals surface area contributed by atoms with Crippen molar-refractivity contribution in [1.29, 1.82) is 0 Å². The molecule has 2 rings (SSSR count). The number of likely N-dealkylation sites (tertiary alicyclic amines) is 1. The predicted octanol–water partition coefficient (Wildman–Crippen LogP) is 1.89. The molecule has 0 aliphatic carbocycles. The Labute approximate surface area is 108 Å². The maximum atomic E-state index is 11.9. The molecule has 100 valence electrons. The zero-order chi connectivity index (χ0) is 13.0. The van der Waals surface area contributed by atoms with Gasteiger partial charge in [0.1, 0.15) is 11.5 Å². The summed E-state index contributed by atoms with van der Waals surface area (Å²) in [6.45, 7) is 3.21. The van der Waals surface area contributed by atoms with Gasteiger partial charge in [-0.1, -0.05) is 0 Å². The molecular weight excluding hydrogens is 230 g/mol. The van der Waals surface area contributed by atoms with E-state index in [-0.39, 0.29) is 12.0 Å². The van der Waals surface area contributed by atoms with E-state index < -0.39 is 0 Å². The molecule has 0 spiro atoms. The molecule has 1 fully saturated rings. The van der Waals surface area contributed by atoms with Crippen molar-refractivity contribution in [2.24, 2.45) is 0 Å². The van der Waals surface area contributed by atoms with Gasteiger partial charge in [0.15, 0.2) is 0 Å². The first kappa shape index (κ1) is 13.1. The number of hydrogen-bond donors (Lipinski definition) is 1. The third-order valence-electron chi connectivity index (χ3n) is 3.36. The lowest BCUT2D eigenvalue weighted by molar-refractivity contribution is -0.134. The quantitative estimate of drug-likeness (QED) is 0.889. The third kappa shape index (κ3) is 3.60. The fourth-order valence-corrected chi connectivity index (χ4v) is 2.37. The molecule has 1 aromatic heterocycles. The monoisotopic (exact) mass is 251 g/mol. The van der Waals surface area contributed by atoms with Gasteiger partial charge in [0.2, 0.25) is 5.91 Å². The summed E-state index contributed by atoms with van der Waals surface area (Å²) in [6, 6.07) is 3.91. The number of nitrogens with zero attached hydrogens (tertiary/aromatic N) is 1.